The molecule has 0 N–H and O–H groups in total. The standard InChI is InChI=1S/C15H24Si/c1-13(12-16(3,4)5)11-14(2)15-9-7-6-8-10-15/h6-10,14H,1,11-12H2,2-5H3. The van der Waals surface area contributed by atoms with Crippen LogP contribution in [0.15, 0.2) is 42.5 Å². The van der Waals surface area contributed by atoms with Crippen LogP contribution in [0.4, 0.5) is 0 Å². The van der Waals surface area contributed by atoms with Gasteiger partial charge in [-0.3, -0.25) is 0 Å². The number of hydrogen-bond donors (Lipinski definition) is 0. The number of allylic oxidation sites excluding steroid dienone is 1. The fourth-order valence-corrected chi connectivity index (χ4v) is 3.80. The van der Waals surface area contributed by atoms with Crippen LogP contribution < -0.4 is 0 Å². The lowest BCUT2D eigenvalue weighted by atomic mass is 9.95. The van der Waals surface area contributed by atoms with Crippen molar-refractivity contribution in [3.63, 3.8) is 0 Å². The second-order valence-corrected chi connectivity index (χ2v) is 11.5. The van der Waals surface area contributed by atoms with Crippen molar-refractivity contribution in [2.45, 2.75) is 44.9 Å². The number of benzene rings is 1. The zero-order chi connectivity index (χ0) is 12.2. The van der Waals surface area contributed by atoms with Gasteiger partial charge in [0.1, 0.15) is 0 Å². The Hall–Kier alpha value is -0.823. The van der Waals surface area contributed by atoms with E-state index in [4.69, 9.17) is 0 Å². The molecule has 0 fully saturated rings. The van der Waals surface area contributed by atoms with Crippen LogP contribution >= 0.6 is 0 Å². The van der Waals surface area contributed by atoms with E-state index in [1.807, 2.05) is 0 Å². The van der Waals surface area contributed by atoms with E-state index in [-0.39, 0.29) is 0 Å². The third kappa shape index (κ3) is 4.80. The van der Waals surface area contributed by atoms with Gasteiger partial charge in [-0.2, -0.15) is 0 Å². The normalized spacial score (nSPS) is 13.5. The van der Waals surface area contributed by atoms with E-state index in [1.165, 1.54) is 17.2 Å². The summed E-state index contributed by atoms with van der Waals surface area (Å²) in [6.07, 6.45) is 1.13. The molecule has 88 valence electrons. The van der Waals surface area contributed by atoms with Crippen LogP contribution in [0.2, 0.25) is 25.7 Å². The van der Waals surface area contributed by atoms with Gasteiger partial charge in [-0.1, -0.05) is 62.5 Å². The molecule has 0 heterocycles. The number of hydrogen-bond acceptors (Lipinski definition) is 0. The van der Waals surface area contributed by atoms with Gasteiger partial charge in [0.2, 0.25) is 0 Å². The SMILES string of the molecule is C=C(CC(C)c1ccccc1)C[Si](C)(C)C. The molecule has 0 aliphatic rings. The summed E-state index contributed by atoms with van der Waals surface area (Å²) in [4.78, 5) is 0. The molecule has 0 radical (unpaired) electrons. The molecule has 0 bridgehead atoms. The minimum atomic E-state index is -0.988. The Bertz CT molecular complexity index is 332. The highest BCUT2D eigenvalue weighted by Crippen LogP contribution is 2.26. The minimum Gasteiger partial charge on any atom is -0.100 e. The average Bonchev–Trinajstić information content (AvgIpc) is 2.16. The highest BCUT2D eigenvalue weighted by Gasteiger charge is 2.16. The van der Waals surface area contributed by atoms with Crippen molar-refractivity contribution in [1.82, 2.24) is 0 Å². The molecule has 1 atom stereocenters. The molecule has 1 aromatic carbocycles. The Morgan fingerprint density at radius 2 is 1.75 bits per heavy atom. The fourth-order valence-electron chi connectivity index (χ4n) is 2.15. The lowest BCUT2D eigenvalue weighted by Crippen LogP contribution is -2.20. The van der Waals surface area contributed by atoms with Crippen molar-refractivity contribution in [2.75, 3.05) is 0 Å². The highest BCUT2D eigenvalue weighted by atomic mass is 28.3. The van der Waals surface area contributed by atoms with Gasteiger partial charge in [-0.25, -0.2) is 0 Å². The van der Waals surface area contributed by atoms with Gasteiger partial charge in [0.25, 0.3) is 0 Å². The maximum Gasteiger partial charge on any atom is 0.0483 e. The molecule has 16 heavy (non-hydrogen) atoms. The first kappa shape index (κ1) is 13.2. The Morgan fingerprint density at radius 3 is 2.25 bits per heavy atom. The summed E-state index contributed by atoms with van der Waals surface area (Å²) >= 11 is 0. The van der Waals surface area contributed by atoms with Crippen molar-refractivity contribution in [3.8, 4) is 0 Å². The summed E-state index contributed by atoms with van der Waals surface area (Å²) in [7, 11) is -0.988. The molecule has 1 rings (SSSR count). The molecular weight excluding hydrogens is 208 g/mol. The van der Waals surface area contributed by atoms with E-state index in [0.717, 1.165) is 6.42 Å². The third-order valence-corrected chi connectivity index (χ3v) is 4.30. The molecular formula is C15H24Si. The van der Waals surface area contributed by atoms with Gasteiger partial charge in [-0.15, -0.1) is 6.58 Å². The zero-order valence-electron chi connectivity index (χ0n) is 11.1. The van der Waals surface area contributed by atoms with Crippen molar-refractivity contribution in [1.29, 1.82) is 0 Å². The second kappa shape index (κ2) is 5.49. The summed E-state index contributed by atoms with van der Waals surface area (Å²) in [5, 5.41) is 0. The van der Waals surface area contributed by atoms with Crippen molar-refractivity contribution in [3.05, 3.63) is 48.0 Å². The van der Waals surface area contributed by atoms with Crippen LogP contribution in [-0.2, 0) is 0 Å². The van der Waals surface area contributed by atoms with Gasteiger partial charge in [0.15, 0.2) is 0 Å². The van der Waals surface area contributed by atoms with Crippen LogP contribution in [0.25, 0.3) is 0 Å². The lowest BCUT2D eigenvalue weighted by molar-refractivity contribution is 0.751. The predicted molar refractivity (Wildman–Crippen MR) is 76.8 cm³/mol. The van der Waals surface area contributed by atoms with Crippen molar-refractivity contribution < 1.29 is 0 Å². The quantitative estimate of drug-likeness (QED) is 0.491. The average molecular weight is 232 g/mol. The maximum absolute atomic E-state index is 4.24. The van der Waals surface area contributed by atoms with Gasteiger partial charge in [-0.05, 0) is 23.9 Å². The molecule has 0 nitrogen and oxygen atoms in total. The second-order valence-electron chi connectivity index (χ2n) is 6.00. The molecule has 0 amide bonds. The zero-order valence-corrected chi connectivity index (χ0v) is 12.1. The number of rotatable bonds is 5. The van der Waals surface area contributed by atoms with E-state index < -0.39 is 8.07 Å². The molecule has 0 spiro atoms. The highest BCUT2D eigenvalue weighted by molar-refractivity contribution is 6.76. The lowest BCUT2D eigenvalue weighted by Gasteiger charge is -2.20. The molecule has 1 heteroatoms. The Kier molecular flexibility index (Phi) is 4.54. The molecule has 1 unspecified atom stereocenters. The predicted octanol–water partition coefficient (Wildman–Crippen LogP) is 5.07. The van der Waals surface area contributed by atoms with Crippen LogP contribution in [0.1, 0.15) is 24.8 Å². The molecule has 0 aliphatic heterocycles. The third-order valence-electron chi connectivity index (χ3n) is 2.74. The van der Waals surface area contributed by atoms with Gasteiger partial charge >= 0.3 is 0 Å². The van der Waals surface area contributed by atoms with E-state index in [0.29, 0.717) is 5.92 Å². The largest absolute Gasteiger partial charge is 0.100 e. The maximum atomic E-state index is 4.24. The Labute approximate surface area is 101 Å². The molecule has 0 saturated carbocycles. The molecule has 0 aliphatic carbocycles. The minimum absolute atomic E-state index is 0.602. The van der Waals surface area contributed by atoms with Crippen LogP contribution in [0, 0.1) is 0 Å². The fraction of sp³-hybridized carbons (Fsp3) is 0.467. The Morgan fingerprint density at radius 1 is 1.19 bits per heavy atom. The van der Waals surface area contributed by atoms with Gasteiger partial charge in [0, 0.05) is 8.07 Å². The molecule has 1 aromatic rings. The first-order valence-corrected chi connectivity index (χ1v) is 9.81. The van der Waals surface area contributed by atoms with E-state index in [9.17, 15) is 0 Å². The smallest absolute Gasteiger partial charge is 0.0483 e. The monoisotopic (exact) mass is 232 g/mol. The van der Waals surface area contributed by atoms with Crippen LogP contribution in [0.3, 0.4) is 0 Å². The van der Waals surface area contributed by atoms with Crippen molar-refractivity contribution >= 4 is 8.07 Å². The summed E-state index contributed by atoms with van der Waals surface area (Å²) in [6, 6.07) is 12.0. The summed E-state index contributed by atoms with van der Waals surface area (Å²) in [6.45, 7) is 13.8. The van der Waals surface area contributed by atoms with E-state index in [2.05, 4.69) is 63.5 Å². The van der Waals surface area contributed by atoms with E-state index in [1.54, 1.807) is 0 Å². The van der Waals surface area contributed by atoms with Gasteiger partial charge < -0.3 is 0 Å². The van der Waals surface area contributed by atoms with Crippen LogP contribution in [0.5, 0.6) is 0 Å². The summed E-state index contributed by atoms with van der Waals surface area (Å²) < 4.78 is 0. The van der Waals surface area contributed by atoms with Crippen molar-refractivity contribution in [2.24, 2.45) is 0 Å². The first-order chi connectivity index (χ1) is 7.38. The first-order valence-electron chi connectivity index (χ1n) is 6.10. The molecule has 0 saturated heterocycles. The van der Waals surface area contributed by atoms with E-state index >= 15 is 0 Å². The topological polar surface area (TPSA) is 0 Å². The summed E-state index contributed by atoms with van der Waals surface area (Å²) in [5.41, 5.74) is 2.86. The van der Waals surface area contributed by atoms with Crippen LogP contribution in [-0.4, -0.2) is 8.07 Å². The summed E-state index contributed by atoms with van der Waals surface area (Å²) in [5.74, 6) is 0.602. The molecule has 0 aromatic heterocycles. The van der Waals surface area contributed by atoms with Gasteiger partial charge in [0.05, 0.1) is 0 Å². The Balaban J connectivity index is 2.52.